The van der Waals surface area contributed by atoms with E-state index in [0.717, 1.165) is 25.9 Å². The monoisotopic (exact) mass is 415 g/mol. The second-order valence-electron chi connectivity index (χ2n) is 8.27. The summed E-state index contributed by atoms with van der Waals surface area (Å²) >= 11 is 1.40. The van der Waals surface area contributed by atoms with Crippen LogP contribution in [-0.2, 0) is 9.47 Å². The van der Waals surface area contributed by atoms with Crippen LogP contribution in [0, 0.1) is 0 Å². The van der Waals surface area contributed by atoms with Gasteiger partial charge in [0.25, 0.3) is 0 Å². The van der Waals surface area contributed by atoms with E-state index in [0.29, 0.717) is 5.13 Å². The Labute approximate surface area is 174 Å². The highest BCUT2D eigenvalue weighted by Crippen LogP contribution is 2.18. The maximum Gasteiger partial charge on any atom is 0.416 e. The van der Waals surface area contributed by atoms with E-state index in [1.165, 1.54) is 16.2 Å². The van der Waals surface area contributed by atoms with Crippen LogP contribution in [0.3, 0.4) is 0 Å². The summed E-state index contributed by atoms with van der Waals surface area (Å²) in [5.74, 6) is 0. The van der Waals surface area contributed by atoms with Crippen LogP contribution >= 0.6 is 11.3 Å². The number of hydrogen-bond acceptors (Lipinski definition) is 6. The molecule has 0 bridgehead atoms. The Kier molecular flexibility index (Phi) is 11.1. The second kappa shape index (κ2) is 11.9. The summed E-state index contributed by atoms with van der Waals surface area (Å²) in [5.41, 5.74) is -0.862. The lowest BCUT2D eigenvalue weighted by molar-refractivity contribution is 0.0257. The number of ether oxygens (including phenoxy) is 2. The zero-order chi connectivity index (χ0) is 22.0. The van der Waals surface area contributed by atoms with Crippen molar-refractivity contribution in [2.24, 2.45) is 0 Å². The number of rotatable bonds is 5. The fourth-order valence-electron chi connectivity index (χ4n) is 1.84. The molecule has 1 aromatic heterocycles. The maximum atomic E-state index is 11.6. The lowest BCUT2D eigenvalue weighted by Crippen LogP contribution is -2.37. The van der Waals surface area contributed by atoms with Crippen molar-refractivity contribution >= 4 is 28.7 Å². The first kappa shape index (κ1) is 26.2. The van der Waals surface area contributed by atoms with Gasteiger partial charge in [0.15, 0.2) is 5.13 Å². The molecule has 28 heavy (non-hydrogen) atoms. The van der Waals surface area contributed by atoms with Crippen molar-refractivity contribution in [3.8, 4) is 0 Å². The predicted octanol–water partition coefficient (Wildman–Crippen LogP) is 5.56. The molecule has 0 aliphatic rings. The molecule has 7 nitrogen and oxygen atoms in total. The molecular weight excluding hydrogens is 378 g/mol. The van der Waals surface area contributed by atoms with Crippen molar-refractivity contribution in [2.45, 2.75) is 79.4 Å². The third-order valence-electron chi connectivity index (χ3n) is 3.19. The number of carbonyl (C=O) groups is 2. The molecule has 0 saturated heterocycles. The smallest absolute Gasteiger partial charge is 0.416 e. The molecular formula is C20H37N3O4S. The van der Waals surface area contributed by atoms with Gasteiger partial charge in [0, 0.05) is 31.7 Å². The first-order valence-corrected chi connectivity index (χ1v) is 10.5. The molecule has 0 atom stereocenters. The van der Waals surface area contributed by atoms with Crippen molar-refractivity contribution in [1.29, 1.82) is 0 Å². The molecule has 2 amide bonds. The van der Waals surface area contributed by atoms with Crippen LogP contribution in [0.25, 0.3) is 0 Å². The lowest BCUT2D eigenvalue weighted by atomic mass is 10.2. The van der Waals surface area contributed by atoms with Gasteiger partial charge in [-0.15, -0.1) is 11.3 Å². The minimum absolute atomic E-state index is 0.201. The predicted molar refractivity (Wildman–Crippen MR) is 115 cm³/mol. The number of unbranched alkanes of at least 4 members (excludes halogenated alkanes) is 1. The second-order valence-corrected chi connectivity index (χ2v) is 9.14. The zero-order valence-electron chi connectivity index (χ0n) is 18.9. The Morgan fingerprint density at radius 1 is 1.04 bits per heavy atom. The van der Waals surface area contributed by atoms with Gasteiger partial charge >= 0.3 is 12.2 Å². The van der Waals surface area contributed by atoms with E-state index >= 15 is 0 Å². The molecule has 0 saturated carbocycles. The molecule has 1 rings (SSSR count). The van der Waals surface area contributed by atoms with E-state index < -0.39 is 11.2 Å². The van der Waals surface area contributed by atoms with Crippen molar-refractivity contribution < 1.29 is 19.1 Å². The lowest BCUT2D eigenvalue weighted by Gasteiger charge is -2.26. The highest BCUT2D eigenvalue weighted by atomic mass is 32.1. The molecule has 0 fully saturated rings. The third kappa shape index (κ3) is 11.8. The van der Waals surface area contributed by atoms with Crippen molar-refractivity contribution in [3.05, 3.63) is 11.6 Å². The van der Waals surface area contributed by atoms with Gasteiger partial charge < -0.3 is 14.4 Å². The third-order valence-corrected chi connectivity index (χ3v) is 4.04. The van der Waals surface area contributed by atoms with Crippen LogP contribution < -0.4 is 4.90 Å². The van der Waals surface area contributed by atoms with Crippen LogP contribution in [0.1, 0.15) is 68.2 Å². The summed E-state index contributed by atoms with van der Waals surface area (Å²) in [4.78, 5) is 30.3. The normalized spacial score (nSPS) is 11.2. The number of carbonyl (C=O) groups excluding carboxylic acids is 2. The first-order valence-electron chi connectivity index (χ1n) is 9.64. The number of anilines is 1. The van der Waals surface area contributed by atoms with E-state index in [2.05, 4.69) is 11.9 Å². The standard InChI is InChI=1S/C11H23NO2.C9H14N2O2S/c1-6-8-9-12(7-2)10(13)14-11(3,4)5;1-9(2,3)13-8(12)11(4)7-10-5-6-14-7/h6-9H2,1-5H3;5-6H,1-4H3. The van der Waals surface area contributed by atoms with Gasteiger partial charge in [-0.05, 0) is 54.9 Å². The highest BCUT2D eigenvalue weighted by Gasteiger charge is 2.22. The Hall–Kier alpha value is -1.83. The number of hydrogen-bond donors (Lipinski definition) is 0. The van der Waals surface area contributed by atoms with E-state index in [-0.39, 0.29) is 12.2 Å². The maximum absolute atomic E-state index is 11.6. The number of amides is 2. The van der Waals surface area contributed by atoms with E-state index in [4.69, 9.17) is 9.47 Å². The first-order chi connectivity index (χ1) is 12.8. The van der Waals surface area contributed by atoms with Crippen LogP contribution in [0.2, 0.25) is 0 Å². The number of aromatic nitrogens is 1. The molecule has 0 radical (unpaired) electrons. The summed E-state index contributed by atoms with van der Waals surface area (Å²) in [5, 5.41) is 2.45. The van der Waals surface area contributed by atoms with E-state index in [1.54, 1.807) is 18.1 Å². The average molecular weight is 416 g/mol. The van der Waals surface area contributed by atoms with Crippen LogP contribution in [0.4, 0.5) is 14.7 Å². The quantitative estimate of drug-likeness (QED) is 0.630. The zero-order valence-corrected chi connectivity index (χ0v) is 19.7. The van der Waals surface area contributed by atoms with Gasteiger partial charge in [-0.1, -0.05) is 13.3 Å². The Balaban J connectivity index is 0.000000521. The molecule has 1 heterocycles. The Bertz CT molecular complexity index is 577. The summed E-state index contributed by atoms with van der Waals surface area (Å²) in [7, 11) is 1.65. The van der Waals surface area contributed by atoms with Gasteiger partial charge in [0.2, 0.25) is 0 Å². The molecule has 162 valence electrons. The molecule has 0 aliphatic heterocycles. The topological polar surface area (TPSA) is 72.0 Å². The Morgan fingerprint density at radius 3 is 1.96 bits per heavy atom. The Morgan fingerprint density at radius 2 is 1.57 bits per heavy atom. The van der Waals surface area contributed by atoms with Crippen molar-refractivity contribution in [1.82, 2.24) is 9.88 Å². The minimum Gasteiger partial charge on any atom is -0.444 e. The fourth-order valence-corrected chi connectivity index (χ4v) is 2.44. The molecule has 8 heteroatoms. The molecule has 0 unspecified atom stereocenters. The van der Waals surface area contributed by atoms with Gasteiger partial charge in [-0.3, -0.25) is 4.90 Å². The average Bonchev–Trinajstić information content (AvgIpc) is 3.06. The summed E-state index contributed by atoms with van der Waals surface area (Å²) < 4.78 is 10.5. The number of nitrogens with zero attached hydrogens (tertiary/aromatic N) is 3. The molecule has 1 aromatic rings. The summed E-state index contributed by atoms with van der Waals surface area (Å²) in [6.45, 7) is 16.8. The largest absolute Gasteiger partial charge is 0.444 e. The van der Waals surface area contributed by atoms with Gasteiger partial charge in [-0.2, -0.15) is 0 Å². The van der Waals surface area contributed by atoms with Crippen molar-refractivity contribution in [2.75, 3.05) is 25.0 Å². The van der Waals surface area contributed by atoms with Crippen molar-refractivity contribution in [3.63, 3.8) is 0 Å². The molecule has 0 aliphatic carbocycles. The van der Waals surface area contributed by atoms with Crippen LogP contribution in [-0.4, -0.2) is 53.4 Å². The minimum atomic E-state index is -0.470. The molecule has 0 spiro atoms. The molecule has 0 N–H and O–H groups in total. The highest BCUT2D eigenvalue weighted by molar-refractivity contribution is 7.13. The number of thiazole rings is 1. The van der Waals surface area contributed by atoms with Crippen LogP contribution in [0.5, 0.6) is 0 Å². The van der Waals surface area contributed by atoms with Gasteiger partial charge in [0.05, 0.1) is 0 Å². The fraction of sp³-hybridized carbons (Fsp3) is 0.750. The van der Waals surface area contributed by atoms with Gasteiger partial charge in [-0.25, -0.2) is 14.6 Å². The van der Waals surface area contributed by atoms with E-state index in [9.17, 15) is 9.59 Å². The van der Waals surface area contributed by atoms with E-state index in [1.807, 2.05) is 53.8 Å². The summed E-state index contributed by atoms with van der Waals surface area (Å²) in [6, 6.07) is 0. The summed E-state index contributed by atoms with van der Waals surface area (Å²) in [6.07, 6.45) is 3.20. The molecule has 0 aromatic carbocycles. The van der Waals surface area contributed by atoms with Crippen LogP contribution in [0.15, 0.2) is 11.6 Å². The SMILES string of the molecule is CCCCN(CC)C(=O)OC(C)(C)C.CN(C(=O)OC(C)(C)C)c1nccs1. The van der Waals surface area contributed by atoms with Gasteiger partial charge in [0.1, 0.15) is 11.2 Å².